The van der Waals surface area contributed by atoms with Crippen LogP contribution in [0.25, 0.3) is 10.6 Å². The maximum absolute atomic E-state index is 12.7. The fourth-order valence-corrected chi connectivity index (χ4v) is 4.06. The number of nitrogens with zero attached hydrogens (tertiary/aromatic N) is 3. The highest BCUT2D eigenvalue weighted by molar-refractivity contribution is 8.14. The molecule has 1 aromatic carbocycles. The molecule has 3 aromatic rings. The van der Waals surface area contributed by atoms with Gasteiger partial charge in [0.25, 0.3) is 5.91 Å². The minimum Gasteiger partial charge on any atom is -0.301 e. The number of rotatable bonds is 4. The lowest BCUT2D eigenvalue weighted by molar-refractivity contribution is 0.0978. The average Bonchev–Trinajstić information content (AvgIpc) is 3.37. The fraction of sp³-hybridized carbons (Fsp3) is 0.167. The summed E-state index contributed by atoms with van der Waals surface area (Å²) in [5.41, 5.74) is 2.44. The molecule has 0 saturated heterocycles. The molecule has 0 radical (unpaired) electrons. The maximum atomic E-state index is 12.7. The van der Waals surface area contributed by atoms with Gasteiger partial charge in [0.1, 0.15) is 5.69 Å². The van der Waals surface area contributed by atoms with Gasteiger partial charge in [0.2, 0.25) is 0 Å². The summed E-state index contributed by atoms with van der Waals surface area (Å²) in [4.78, 5) is 18.0. The topological polar surface area (TPSA) is 59.3 Å². The zero-order valence-electron chi connectivity index (χ0n) is 13.4. The van der Waals surface area contributed by atoms with Crippen molar-refractivity contribution >= 4 is 34.2 Å². The first-order valence-corrected chi connectivity index (χ1v) is 9.80. The number of nitrogens with one attached hydrogen (secondary N) is 1. The Kier molecular flexibility index (Phi) is 4.67. The molecule has 0 bridgehead atoms. The second kappa shape index (κ2) is 7.25. The third-order valence-electron chi connectivity index (χ3n) is 3.75. The number of hydrogen-bond acceptors (Lipinski definition) is 5. The summed E-state index contributed by atoms with van der Waals surface area (Å²) < 4.78 is 1.82. The van der Waals surface area contributed by atoms with Crippen LogP contribution in [-0.2, 0) is 6.54 Å². The van der Waals surface area contributed by atoms with E-state index in [0.717, 1.165) is 22.7 Å². The van der Waals surface area contributed by atoms with E-state index in [4.69, 9.17) is 0 Å². The number of carbonyl (C=O) groups is 1. The zero-order valence-corrected chi connectivity index (χ0v) is 15.0. The lowest BCUT2D eigenvalue weighted by atomic mass is 10.2. The number of thiophene rings is 1. The molecule has 0 saturated carbocycles. The molecular formula is C18H16N4OS2. The van der Waals surface area contributed by atoms with Crippen LogP contribution in [0.15, 0.2) is 59.0 Å². The molecule has 0 spiro atoms. The van der Waals surface area contributed by atoms with E-state index < -0.39 is 0 Å². The van der Waals surface area contributed by atoms with Crippen LogP contribution in [0.3, 0.4) is 0 Å². The normalized spacial score (nSPS) is 13.7. The van der Waals surface area contributed by atoms with Gasteiger partial charge < -0.3 is 5.32 Å². The monoisotopic (exact) mass is 368 g/mol. The molecule has 5 nitrogen and oxygen atoms in total. The third-order valence-corrected chi connectivity index (χ3v) is 5.52. The maximum Gasteiger partial charge on any atom is 0.261 e. The van der Waals surface area contributed by atoms with Crippen molar-refractivity contribution in [1.29, 1.82) is 0 Å². The molecule has 0 unspecified atom stereocenters. The Hall–Kier alpha value is -2.38. The Morgan fingerprint density at radius 2 is 2.08 bits per heavy atom. The molecule has 0 fully saturated rings. The number of benzene rings is 1. The average molecular weight is 368 g/mol. The highest BCUT2D eigenvalue weighted by Crippen LogP contribution is 2.27. The molecule has 0 aliphatic carbocycles. The van der Waals surface area contributed by atoms with E-state index in [-0.39, 0.29) is 5.91 Å². The minimum absolute atomic E-state index is 0.157. The van der Waals surface area contributed by atoms with Gasteiger partial charge >= 0.3 is 0 Å². The van der Waals surface area contributed by atoms with E-state index in [1.54, 1.807) is 23.1 Å². The fourth-order valence-electron chi connectivity index (χ4n) is 2.61. The summed E-state index contributed by atoms with van der Waals surface area (Å²) in [5.74, 6) is 0.761. The molecule has 7 heteroatoms. The van der Waals surface area contributed by atoms with Gasteiger partial charge in [-0.3, -0.25) is 14.5 Å². The van der Waals surface area contributed by atoms with Crippen LogP contribution in [-0.4, -0.2) is 33.2 Å². The van der Waals surface area contributed by atoms with Gasteiger partial charge in [0, 0.05) is 11.9 Å². The molecule has 1 N–H and O–H groups in total. The first kappa shape index (κ1) is 16.1. The number of carbonyl (C=O) groups excluding carboxylic acids is 1. The summed E-state index contributed by atoms with van der Waals surface area (Å²) >= 11 is 3.15. The van der Waals surface area contributed by atoms with Gasteiger partial charge in [0.15, 0.2) is 5.17 Å². The summed E-state index contributed by atoms with van der Waals surface area (Å²) in [6, 6.07) is 14.0. The third kappa shape index (κ3) is 3.67. The van der Waals surface area contributed by atoms with Gasteiger partial charge in [-0.2, -0.15) is 5.10 Å². The van der Waals surface area contributed by atoms with Gasteiger partial charge in [-0.1, -0.05) is 48.2 Å². The number of thioether (sulfide) groups is 1. The highest BCUT2D eigenvalue weighted by Gasteiger charge is 2.21. The van der Waals surface area contributed by atoms with Crippen molar-refractivity contribution in [2.75, 3.05) is 12.3 Å². The standard InChI is InChI=1S/C18H16N4OS2/c23-17(20-18-19-8-10-25-18)14-12-22(11-13-5-2-1-3-6-13)21-16(14)15-7-4-9-24-15/h1-7,9,12H,8,10-11H2,(H,19,20,23). The Labute approximate surface area is 153 Å². The molecule has 126 valence electrons. The van der Waals surface area contributed by atoms with E-state index in [9.17, 15) is 4.79 Å². The molecule has 4 rings (SSSR count). The smallest absolute Gasteiger partial charge is 0.261 e. The summed E-state index contributed by atoms with van der Waals surface area (Å²) in [7, 11) is 0. The van der Waals surface area contributed by atoms with Crippen molar-refractivity contribution in [3.05, 3.63) is 65.2 Å². The number of hydrogen-bond donors (Lipinski definition) is 1. The van der Waals surface area contributed by atoms with Crippen molar-refractivity contribution in [1.82, 2.24) is 15.1 Å². The molecule has 25 heavy (non-hydrogen) atoms. The van der Waals surface area contributed by atoms with Gasteiger partial charge in [-0.05, 0) is 17.0 Å². The van der Waals surface area contributed by atoms with Gasteiger partial charge in [-0.15, -0.1) is 11.3 Å². The van der Waals surface area contributed by atoms with E-state index in [1.807, 2.05) is 46.6 Å². The first-order valence-electron chi connectivity index (χ1n) is 7.93. The largest absolute Gasteiger partial charge is 0.301 e. The minimum atomic E-state index is -0.157. The summed E-state index contributed by atoms with van der Waals surface area (Å²) in [6.45, 7) is 1.38. The Bertz CT molecular complexity index is 901. The van der Waals surface area contributed by atoms with Crippen LogP contribution in [0.5, 0.6) is 0 Å². The van der Waals surface area contributed by atoms with Crippen LogP contribution >= 0.6 is 23.1 Å². The van der Waals surface area contributed by atoms with Crippen molar-refractivity contribution in [2.45, 2.75) is 6.54 Å². The van der Waals surface area contributed by atoms with Gasteiger partial charge in [-0.25, -0.2) is 0 Å². The van der Waals surface area contributed by atoms with E-state index in [0.29, 0.717) is 23.0 Å². The molecule has 1 aliphatic rings. The summed E-state index contributed by atoms with van der Waals surface area (Å²) in [6.07, 6.45) is 1.82. The molecule has 3 heterocycles. The zero-order chi connectivity index (χ0) is 17.1. The van der Waals surface area contributed by atoms with Crippen molar-refractivity contribution in [2.24, 2.45) is 4.99 Å². The predicted molar refractivity (Wildman–Crippen MR) is 103 cm³/mol. The van der Waals surface area contributed by atoms with Crippen LogP contribution < -0.4 is 5.32 Å². The number of aliphatic imine (C=N–C) groups is 1. The molecule has 1 aliphatic heterocycles. The SMILES string of the molecule is O=C(NC1=NCCS1)c1cn(Cc2ccccc2)nc1-c1cccs1. The predicted octanol–water partition coefficient (Wildman–Crippen LogP) is 3.49. The van der Waals surface area contributed by atoms with Crippen molar-refractivity contribution in [3.8, 4) is 10.6 Å². The van der Waals surface area contributed by atoms with Crippen molar-refractivity contribution in [3.63, 3.8) is 0 Å². The van der Waals surface area contributed by atoms with Crippen molar-refractivity contribution < 1.29 is 4.79 Å². The lowest BCUT2D eigenvalue weighted by Gasteiger charge is -2.03. The van der Waals surface area contributed by atoms with E-state index >= 15 is 0 Å². The molecule has 0 atom stereocenters. The van der Waals surface area contributed by atoms with E-state index in [2.05, 4.69) is 27.5 Å². The Morgan fingerprint density at radius 3 is 2.80 bits per heavy atom. The highest BCUT2D eigenvalue weighted by atomic mass is 32.2. The van der Waals surface area contributed by atoms with Gasteiger partial charge in [0.05, 0.1) is 23.5 Å². The number of amidine groups is 1. The van der Waals surface area contributed by atoms with Crippen LogP contribution in [0.4, 0.5) is 0 Å². The lowest BCUT2D eigenvalue weighted by Crippen LogP contribution is -2.27. The van der Waals surface area contributed by atoms with E-state index in [1.165, 1.54) is 0 Å². The molecule has 1 amide bonds. The Balaban J connectivity index is 1.65. The quantitative estimate of drug-likeness (QED) is 0.767. The number of amides is 1. The summed E-state index contributed by atoms with van der Waals surface area (Å²) in [5, 5.41) is 10.2. The second-order valence-electron chi connectivity index (χ2n) is 5.54. The van der Waals surface area contributed by atoms with Crippen LogP contribution in [0.1, 0.15) is 15.9 Å². The molecular weight excluding hydrogens is 352 g/mol. The second-order valence-corrected chi connectivity index (χ2v) is 7.57. The van der Waals surface area contributed by atoms with Crippen LogP contribution in [0, 0.1) is 0 Å². The first-order chi connectivity index (χ1) is 12.3. The number of aromatic nitrogens is 2. The van der Waals surface area contributed by atoms with Crippen LogP contribution in [0.2, 0.25) is 0 Å². The molecule has 2 aromatic heterocycles. The Morgan fingerprint density at radius 1 is 1.20 bits per heavy atom.